The maximum absolute atomic E-state index is 12.9. The van der Waals surface area contributed by atoms with Crippen molar-refractivity contribution in [1.29, 1.82) is 0 Å². The van der Waals surface area contributed by atoms with E-state index < -0.39 is 10.0 Å². The molecule has 2 rings (SSSR count). The zero-order valence-electron chi connectivity index (χ0n) is 17.5. The topological polar surface area (TPSA) is 75.7 Å². The Balaban J connectivity index is 2.32. The molecule has 156 valence electrons. The first kappa shape index (κ1) is 22.6. The fraction of sp³-hybridized carbons (Fsp3) is 0.318. The highest BCUT2D eigenvalue weighted by Gasteiger charge is 2.23. The summed E-state index contributed by atoms with van der Waals surface area (Å²) in [6.07, 6.45) is 3.06. The molecule has 2 aromatic rings. The summed E-state index contributed by atoms with van der Waals surface area (Å²) in [7, 11) is -2.05. The summed E-state index contributed by atoms with van der Waals surface area (Å²) in [6.45, 7) is 8.05. The lowest BCUT2D eigenvalue weighted by Crippen LogP contribution is -2.30. The lowest BCUT2D eigenvalue weighted by molar-refractivity contribution is -0.111. The number of benzene rings is 2. The van der Waals surface area contributed by atoms with Crippen LogP contribution in [0.5, 0.6) is 5.75 Å². The van der Waals surface area contributed by atoms with Crippen molar-refractivity contribution in [2.24, 2.45) is 0 Å². The second-order valence-electron chi connectivity index (χ2n) is 6.57. The van der Waals surface area contributed by atoms with Gasteiger partial charge in [0.25, 0.3) is 0 Å². The van der Waals surface area contributed by atoms with E-state index in [-0.39, 0.29) is 10.8 Å². The lowest BCUT2D eigenvalue weighted by atomic mass is 10.1. The SMILES string of the molecule is CCN(CC)S(=O)(=O)c1cc(C)c(C)c(NC(=O)/C=C/c2ccccc2OC)c1. The molecule has 0 heterocycles. The molecule has 6 nitrogen and oxygen atoms in total. The monoisotopic (exact) mass is 416 g/mol. The van der Waals surface area contributed by atoms with Crippen molar-refractivity contribution < 1.29 is 17.9 Å². The Hall–Kier alpha value is -2.64. The minimum Gasteiger partial charge on any atom is -0.496 e. The Labute approximate surface area is 173 Å². The Bertz CT molecular complexity index is 1010. The summed E-state index contributed by atoms with van der Waals surface area (Å²) >= 11 is 0. The van der Waals surface area contributed by atoms with E-state index in [0.29, 0.717) is 24.5 Å². The average Bonchev–Trinajstić information content (AvgIpc) is 2.70. The normalized spacial score (nSPS) is 11.8. The Kier molecular flexibility index (Phi) is 7.59. The highest BCUT2D eigenvalue weighted by Crippen LogP contribution is 2.26. The Morgan fingerprint density at radius 1 is 1.14 bits per heavy atom. The minimum atomic E-state index is -3.62. The van der Waals surface area contributed by atoms with E-state index in [1.54, 1.807) is 33.1 Å². The van der Waals surface area contributed by atoms with Crippen LogP contribution in [0.2, 0.25) is 0 Å². The van der Waals surface area contributed by atoms with Crippen molar-refractivity contribution in [3.05, 3.63) is 59.2 Å². The first-order chi connectivity index (χ1) is 13.7. The number of hydrogen-bond donors (Lipinski definition) is 1. The number of anilines is 1. The van der Waals surface area contributed by atoms with Crippen LogP contribution >= 0.6 is 0 Å². The van der Waals surface area contributed by atoms with Crippen molar-refractivity contribution in [1.82, 2.24) is 4.31 Å². The van der Waals surface area contributed by atoms with Gasteiger partial charge in [0.05, 0.1) is 12.0 Å². The molecular weight excluding hydrogens is 388 g/mol. The predicted octanol–water partition coefficient (Wildman–Crippen LogP) is 3.99. The number of carbonyl (C=O) groups is 1. The first-order valence-corrected chi connectivity index (χ1v) is 10.9. The third-order valence-corrected chi connectivity index (χ3v) is 6.82. The van der Waals surface area contributed by atoms with Crippen molar-refractivity contribution >= 4 is 27.7 Å². The van der Waals surface area contributed by atoms with Crippen LogP contribution in [0, 0.1) is 13.8 Å². The molecule has 0 aromatic heterocycles. The molecule has 0 unspecified atom stereocenters. The number of amides is 1. The lowest BCUT2D eigenvalue weighted by Gasteiger charge is -2.20. The Morgan fingerprint density at radius 2 is 1.79 bits per heavy atom. The van der Waals surface area contributed by atoms with Crippen molar-refractivity contribution in [3.63, 3.8) is 0 Å². The second-order valence-corrected chi connectivity index (χ2v) is 8.50. The molecule has 0 spiro atoms. The zero-order chi connectivity index (χ0) is 21.6. The fourth-order valence-electron chi connectivity index (χ4n) is 2.96. The van der Waals surface area contributed by atoms with Crippen LogP contribution in [-0.2, 0) is 14.8 Å². The third kappa shape index (κ3) is 5.25. The third-order valence-electron chi connectivity index (χ3n) is 4.80. The smallest absolute Gasteiger partial charge is 0.248 e. The van der Waals surface area contributed by atoms with E-state index in [1.807, 2.05) is 38.1 Å². The van der Waals surface area contributed by atoms with Gasteiger partial charge >= 0.3 is 0 Å². The standard InChI is InChI=1S/C22H28N2O4S/c1-6-24(7-2)29(26,27)19-14-16(3)17(4)20(15-19)23-22(25)13-12-18-10-8-9-11-21(18)28-5/h8-15H,6-7H2,1-5H3,(H,23,25)/b13-12+. The largest absolute Gasteiger partial charge is 0.496 e. The average molecular weight is 417 g/mol. The number of sulfonamides is 1. The highest BCUT2D eigenvalue weighted by molar-refractivity contribution is 7.89. The zero-order valence-corrected chi connectivity index (χ0v) is 18.3. The number of rotatable bonds is 8. The Morgan fingerprint density at radius 3 is 2.41 bits per heavy atom. The van der Waals surface area contributed by atoms with Gasteiger partial charge < -0.3 is 10.1 Å². The molecule has 0 saturated carbocycles. The summed E-state index contributed by atoms with van der Waals surface area (Å²) in [5.74, 6) is 0.312. The molecule has 0 aliphatic carbocycles. The van der Waals surface area contributed by atoms with Crippen molar-refractivity contribution in [3.8, 4) is 5.75 Å². The van der Waals surface area contributed by atoms with Crippen LogP contribution in [0.4, 0.5) is 5.69 Å². The van der Waals surface area contributed by atoms with E-state index in [0.717, 1.165) is 16.7 Å². The highest BCUT2D eigenvalue weighted by atomic mass is 32.2. The molecule has 0 saturated heterocycles. The summed E-state index contributed by atoms with van der Waals surface area (Å²) in [4.78, 5) is 12.6. The number of nitrogens with zero attached hydrogens (tertiary/aromatic N) is 1. The number of aryl methyl sites for hydroxylation is 1. The molecule has 0 aliphatic heterocycles. The number of carbonyl (C=O) groups excluding carboxylic acids is 1. The first-order valence-electron chi connectivity index (χ1n) is 9.48. The molecule has 0 bridgehead atoms. The van der Waals surface area contributed by atoms with Crippen molar-refractivity contribution in [2.75, 3.05) is 25.5 Å². The predicted molar refractivity (Wildman–Crippen MR) is 117 cm³/mol. The van der Waals surface area contributed by atoms with E-state index in [9.17, 15) is 13.2 Å². The molecule has 0 fully saturated rings. The molecule has 1 amide bonds. The number of nitrogens with one attached hydrogen (secondary N) is 1. The minimum absolute atomic E-state index is 0.174. The molecular formula is C22H28N2O4S. The van der Waals surface area contributed by atoms with E-state index in [1.165, 1.54) is 16.4 Å². The van der Waals surface area contributed by atoms with Crippen LogP contribution < -0.4 is 10.1 Å². The molecule has 2 aromatic carbocycles. The summed E-state index contributed by atoms with van der Waals surface area (Å²) in [6, 6.07) is 10.5. The maximum Gasteiger partial charge on any atom is 0.248 e. The van der Waals surface area contributed by atoms with Crippen LogP contribution in [0.3, 0.4) is 0 Å². The molecule has 0 aliphatic rings. The number of ether oxygens (including phenoxy) is 1. The van der Waals surface area contributed by atoms with E-state index >= 15 is 0 Å². The van der Waals surface area contributed by atoms with Gasteiger partial charge in [-0.1, -0.05) is 32.0 Å². The summed E-state index contributed by atoms with van der Waals surface area (Å²) < 4.78 is 32.4. The quantitative estimate of drug-likeness (QED) is 0.660. The van der Waals surface area contributed by atoms with Gasteiger partial charge in [-0.3, -0.25) is 4.79 Å². The van der Waals surface area contributed by atoms with Gasteiger partial charge in [0, 0.05) is 30.4 Å². The van der Waals surface area contributed by atoms with Gasteiger partial charge in [-0.25, -0.2) is 8.42 Å². The number of para-hydroxylation sites is 1. The van der Waals surface area contributed by atoms with Crippen LogP contribution in [0.25, 0.3) is 6.08 Å². The maximum atomic E-state index is 12.9. The van der Waals surface area contributed by atoms with Gasteiger partial charge in [-0.15, -0.1) is 0 Å². The number of methoxy groups -OCH3 is 1. The van der Waals surface area contributed by atoms with Crippen LogP contribution in [0.15, 0.2) is 47.4 Å². The molecule has 1 N–H and O–H groups in total. The van der Waals surface area contributed by atoms with Crippen LogP contribution in [0.1, 0.15) is 30.5 Å². The summed E-state index contributed by atoms with van der Waals surface area (Å²) in [5.41, 5.74) is 2.87. The molecule has 0 atom stereocenters. The molecule has 7 heteroatoms. The van der Waals surface area contributed by atoms with Gasteiger partial charge in [-0.2, -0.15) is 4.31 Å². The summed E-state index contributed by atoms with van der Waals surface area (Å²) in [5, 5.41) is 2.80. The van der Waals surface area contributed by atoms with Gasteiger partial charge in [0.15, 0.2) is 0 Å². The van der Waals surface area contributed by atoms with E-state index in [2.05, 4.69) is 5.32 Å². The molecule has 29 heavy (non-hydrogen) atoms. The van der Waals surface area contributed by atoms with E-state index in [4.69, 9.17) is 4.74 Å². The van der Waals surface area contributed by atoms with Crippen LogP contribution in [-0.4, -0.2) is 38.8 Å². The molecule has 0 radical (unpaired) electrons. The second kappa shape index (κ2) is 9.71. The van der Waals surface area contributed by atoms with Gasteiger partial charge in [-0.05, 0) is 49.2 Å². The fourth-order valence-corrected chi connectivity index (χ4v) is 4.53. The number of hydrogen-bond acceptors (Lipinski definition) is 4. The van der Waals surface area contributed by atoms with Crippen molar-refractivity contribution in [2.45, 2.75) is 32.6 Å². The van der Waals surface area contributed by atoms with Gasteiger partial charge in [0.2, 0.25) is 15.9 Å². The van der Waals surface area contributed by atoms with Gasteiger partial charge in [0.1, 0.15) is 5.75 Å².